The van der Waals surface area contributed by atoms with Crippen LogP contribution in [0.25, 0.3) is 0 Å². The fourth-order valence-electron chi connectivity index (χ4n) is 8.91. The van der Waals surface area contributed by atoms with Gasteiger partial charge in [-0.25, -0.2) is 9.38 Å². The first-order valence-electron chi connectivity index (χ1n) is 15.6. The van der Waals surface area contributed by atoms with Crippen molar-refractivity contribution < 1.29 is 33.4 Å². The van der Waals surface area contributed by atoms with Crippen molar-refractivity contribution in [1.82, 2.24) is 0 Å². The lowest BCUT2D eigenvalue weighted by Crippen LogP contribution is -2.70. The summed E-state index contributed by atoms with van der Waals surface area (Å²) in [7, 11) is 0. The number of hydrogen-bond donors (Lipinski definition) is 1. The SMILES string of the molecule is CCC(=O)OCC(=O)C1(OC(=O)CC)[C@@H](C)C[C@H]2[C@@H]3CCC4=CC(=Nc5ccccc5C)C=C[C@]4(C)[C@@]3(F)[C@@H](O)C[C@@]21C. The summed E-state index contributed by atoms with van der Waals surface area (Å²) in [5, 5.41) is 11.9. The fourth-order valence-corrected chi connectivity index (χ4v) is 8.91. The van der Waals surface area contributed by atoms with Crippen molar-refractivity contribution in [3.8, 4) is 0 Å². The Hall–Kier alpha value is -3.13. The van der Waals surface area contributed by atoms with Crippen LogP contribution in [0.5, 0.6) is 0 Å². The molecule has 0 saturated heterocycles. The van der Waals surface area contributed by atoms with Crippen LogP contribution in [-0.4, -0.2) is 52.5 Å². The molecular weight excluding hydrogens is 549 g/mol. The normalized spacial score (nSPS) is 38.9. The van der Waals surface area contributed by atoms with Gasteiger partial charge in [0.25, 0.3) is 0 Å². The van der Waals surface area contributed by atoms with Crippen molar-refractivity contribution in [3.63, 3.8) is 0 Å². The summed E-state index contributed by atoms with van der Waals surface area (Å²) in [5.74, 6) is -2.98. The van der Waals surface area contributed by atoms with Crippen molar-refractivity contribution in [1.29, 1.82) is 0 Å². The molecule has 1 aromatic rings. The standard InChI is InChI=1S/C35H44FNO6/c1-7-30(40)42-20-29(39)35(43-31(41)8-2)22(4)17-26-25-14-13-23-18-24(37-27-12-10-9-11-21(27)3)15-16-32(23,5)34(25,36)28(38)19-33(26,35)6/h9-12,15-16,18,22,25-26,28,38H,7-8,13-14,17,19-20H2,1-6H3/t22-,25-,26-,28-,32-,33-,34-,35?/m0/s1. The predicted octanol–water partition coefficient (Wildman–Crippen LogP) is 6.33. The molecule has 0 amide bonds. The van der Waals surface area contributed by atoms with Gasteiger partial charge < -0.3 is 14.6 Å². The van der Waals surface area contributed by atoms with E-state index in [4.69, 9.17) is 14.5 Å². The molecule has 5 rings (SSSR count). The number of aryl methyl sites for hydroxylation is 1. The summed E-state index contributed by atoms with van der Waals surface area (Å²) in [6, 6.07) is 7.85. The Bertz CT molecular complexity index is 1420. The van der Waals surface area contributed by atoms with Gasteiger partial charge in [0, 0.05) is 35.5 Å². The number of halogens is 1. The van der Waals surface area contributed by atoms with Crippen LogP contribution in [0.1, 0.15) is 78.7 Å². The molecule has 8 atom stereocenters. The van der Waals surface area contributed by atoms with Gasteiger partial charge in [0.05, 0.1) is 17.5 Å². The van der Waals surface area contributed by atoms with E-state index < -0.39 is 64.4 Å². The number of aliphatic imine (C=N–C) groups is 1. The molecule has 3 fully saturated rings. The number of aliphatic hydroxyl groups is 1. The molecule has 232 valence electrons. The van der Waals surface area contributed by atoms with Gasteiger partial charge in [-0.05, 0) is 69.2 Å². The maximum Gasteiger partial charge on any atom is 0.306 e. The summed E-state index contributed by atoms with van der Waals surface area (Å²) >= 11 is 0. The summed E-state index contributed by atoms with van der Waals surface area (Å²) in [6.45, 7) is 10.3. The number of benzene rings is 1. The molecule has 4 aliphatic rings. The maximum atomic E-state index is 17.9. The number of ketones is 1. The first-order valence-corrected chi connectivity index (χ1v) is 15.6. The minimum absolute atomic E-state index is 0.0552. The molecule has 0 spiro atoms. The molecule has 1 aromatic carbocycles. The Balaban J connectivity index is 1.53. The molecule has 43 heavy (non-hydrogen) atoms. The average Bonchev–Trinajstić information content (AvgIpc) is 3.19. The van der Waals surface area contributed by atoms with Crippen LogP contribution < -0.4 is 0 Å². The highest BCUT2D eigenvalue weighted by Gasteiger charge is 2.77. The van der Waals surface area contributed by atoms with Crippen molar-refractivity contribution in [2.75, 3.05) is 6.61 Å². The van der Waals surface area contributed by atoms with E-state index in [-0.39, 0.29) is 25.2 Å². The quantitative estimate of drug-likeness (QED) is 0.371. The summed E-state index contributed by atoms with van der Waals surface area (Å²) < 4.78 is 29.2. The second-order valence-electron chi connectivity index (χ2n) is 13.3. The number of carbonyl (C=O) groups is 3. The van der Waals surface area contributed by atoms with E-state index in [1.54, 1.807) is 13.8 Å². The Labute approximate surface area is 253 Å². The van der Waals surface area contributed by atoms with E-state index in [0.717, 1.165) is 22.5 Å². The third kappa shape index (κ3) is 4.54. The molecule has 7 nitrogen and oxygen atoms in total. The molecular formula is C35H44FNO6. The van der Waals surface area contributed by atoms with E-state index >= 15 is 4.39 Å². The zero-order valence-electron chi connectivity index (χ0n) is 26.1. The van der Waals surface area contributed by atoms with Gasteiger partial charge in [-0.2, -0.15) is 0 Å². The number of aliphatic hydroxyl groups excluding tert-OH is 1. The van der Waals surface area contributed by atoms with Crippen molar-refractivity contribution >= 4 is 29.1 Å². The number of Topliss-reactive ketones (excluding diaryl/α,β-unsaturated/α-hetero) is 1. The Morgan fingerprint density at radius 3 is 2.47 bits per heavy atom. The van der Waals surface area contributed by atoms with Crippen molar-refractivity contribution in [3.05, 3.63) is 53.6 Å². The van der Waals surface area contributed by atoms with Gasteiger partial charge in [-0.3, -0.25) is 14.4 Å². The topological polar surface area (TPSA) is 102 Å². The molecule has 0 aromatic heterocycles. The number of alkyl halides is 1. The summed E-state index contributed by atoms with van der Waals surface area (Å²) in [6.07, 6.45) is 5.86. The van der Waals surface area contributed by atoms with Gasteiger partial charge in [0.15, 0.2) is 17.9 Å². The first-order chi connectivity index (χ1) is 20.3. The highest BCUT2D eigenvalue weighted by molar-refractivity contribution is 6.07. The summed E-state index contributed by atoms with van der Waals surface area (Å²) in [4.78, 5) is 43.6. The van der Waals surface area contributed by atoms with E-state index in [2.05, 4.69) is 0 Å². The molecule has 4 aliphatic carbocycles. The molecule has 8 heteroatoms. The number of esters is 2. The van der Waals surface area contributed by atoms with Gasteiger partial charge in [0.2, 0.25) is 5.78 Å². The van der Waals surface area contributed by atoms with Gasteiger partial charge in [-0.15, -0.1) is 0 Å². The van der Waals surface area contributed by atoms with Crippen LogP contribution in [0.2, 0.25) is 0 Å². The number of nitrogens with zero attached hydrogens (tertiary/aromatic N) is 1. The lowest BCUT2D eigenvalue weighted by Gasteiger charge is -2.62. The van der Waals surface area contributed by atoms with Crippen LogP contribution in [0, 0.1) is 35.5 Å². The monoisotopic (exact) mass is 593 g/mol. The summed E-state index contributed by atoms with van der Waals surface area (Å²) in [5.41, 5.74) is -2.25. The third-order valence-corrected chi connectivity index (χ3v) is 11.2. The number of para-hydroxylation sites is 1. The highest BCUT2D eigenvalue weighted by Crippen LogP contribution is 2.71. The molecule has 1 unspecified atom stereocenters. The molecule has 1 N–H and O–H groups in total. The van der Waals surface area contributed by atoms with Crippen molar-refractivity contribution in [2.45, 2.75) is 97.4 Å². The van der Waals surface area contributed by atoms with Crippen LogP contribution in [0.15, 0.2) is 53.1 Å². The van der Waals surface area contributed by atoms with E-state index in [1.165, 1.54) is 0 Å². The van der Waals surface area contributed by atoms with Crippen LogP contribution in [0.3, 0.4) is 0 Å². The van der Waals surface area contributed by atoms with E-state index in [1.807, 2.05) is 70.2 Å². The minimum Gasteiger partial charge on any atom is -0.457 e. The van der Waals surface area contributed by atoms with Crippen molar-refractivity contribution in [2.24, 2.45) is 33.6 Å². The maximum absolute atomic E-state index is 17.9. The number of allylic oxidation sites excluding steroid dienone is 4. The van der Waals surface area contributed by atoms with Crippen LogP contribution >= 0.6 is 0 Å². The second-order valence-corrected chi connectivity index (χ2v) is 13.3. The zero-order valence-corrected chi connectivity index (χ0v) is 26.1. The van der Waals surface area contributed by atoms with Crippen LogP contribution in [0.4, 0.5) is 10.1 Å². The van der Waals surface area contributed by atoms with Crippen LogP contribution in [-0.2, 0) is 23.9 Å². The molecule has 0 radical (unpaired) electrons. The Morgan fingerprint density at radius 1 is 1.09 bits per heavy atom. The molecule has 0 aliphatic heterocycles. The van der Waals surface area contributed by atoms with E-state index in [0.29, 0.717) is 19.3 Å². The number of rotatable bonds is 7. The fraction of sp³-hybridized carbons (Fsp3) is 0.600. The predicted molar refractivity (Wildman–Crippen MR) is 162 cm³/mol. The number of fused-ring (bicyclic) bond motifs is 5. The lowest BCUT2D eigenvalue weighted by molar-refractivity contribution is -0.228. The minimum atomic E-state index is -2.01. The Morgan fingerprint density at radius 2 is 1.79 bits per heavy atom. The number of carbonyl (C=O) groups excluding carboxylic acids is 3. The van der Waals surface area contributed by atoms with Gasteiger partial charge >= 0.3 is 11.9 Å². The highest BCUT2D eigenvalue weighted by atomic mass is 19.1. The Kier molecular flexibility index (Phi) is 8.08. The molecule has 0 bridgehead atoms. The third-order valence-electron chi connectivity index (χ3n) is 11.2. The smallest absolute Gasteiger partial charge is 0.306 e. The number of ether oxygens (including phenoxy) is 2. The lowest BCUT2D eigenvalue weighted by atomic mass is 9.44. The van der Waals surface area contributed by atoms with Gasteiger partial charge in [-0.1, -0.05) is 57.5 Å². The van der Waals surface area contributed by atoms with Gasteiger partial charge in [0.1, 0.15) is 0 Å². The van der Waals surface area contributed by atoms with E-state index in [9.17, 15) is 19.5 Å². The molecule has 3 saturated carbocycles. The molecule has 0 heterocycles. The second kappa shape index (κ2) is 11.1. The first kappa shape index (κ1) is 31.3. The largest absolute Gasteiger partial charge is 0.457 e. The zero-order chi connectivity index (χ0) is 31.4. The average molecular weight is 594 g/mol. The number of hydrogen-bond acceptors (Lipinski definition) is 7.